The van der Waals surface area contributed by atoms with Crippen molar-refractivity contribution in [2.75, 3.05) is 12.8 Å². The quantitative estimate of drug-likeness (QED) is 0.568. The summed E-state index contributed by atoms with van der Waals surface area (Å²) in [7, 11) is -3.75. The van der Waals surface area contributed by atoms with Gasteiger partial charge in [0, 0.05) is 10.9 Å². The fourth-order valence-electron chi connectivity index (χ4n) is 4.03. The molecule has 31 heavy (non-hydrogen) atoms. The Kier molecular flexibility index (Phi) is 8.19. The highest BCUT2D eigenvalue weighted by Crippen LogP contribution is 2.28. The van der Waals surface area contributed by atoms with E-state index >= 15 is 0 Å². The van der Waals surface area contributed by atoms with E-state index in [4.69, 9.17) is 0 Å². The second-order valence-corrected chi connectivity index (χ2v) is 11.0. The highest BCUT2D eigenvalue weighted by Gasteiger charge is 2.34. The van der Waals surface area contributed by atoms with Crippen molar-refractivity contribution in [3.63, 3.8) is 0 Å². The lowest BCUT2D eigenvalue weighted by Gasteiger charge is -2.33. The Bertz CT molecular complexity index is 967. The molecule has 1 saturated carbocycles. The molecule has 0 unspecified atom stereocenters. The topological polar surface area (TPSA) is 66.5 Å². The molecule has 0 radical (unpaired) electrons. The number of rotatable bonds is 8. The molecular formula is C24H32N2O3S2. The van der Waals surface area contributed by atoms with E-state index in [0.717, 1.165) is 48.1 Å². The van der Waals surface area contributed by atoms with Gasteiger partial charge in [0.15, 0.2) is 0 Å². The highest BCUT2D eigenvalue weighted by molar-refractivity contribution is 7.98. The number of nitrogens with zero attached hydrogens (tertiary/aromatic N) is 1. The fraction of sp³-hybridized carbons (Fsp3) is 0.458. The first-order valence-corrected chi connectivity index (χ1v) is 13.5. The minimum atomic E-state index is -3.75. The van der Waals surface area contributed by atoms with Gasteiger partial charge in [0.2, 0.25) is 15.9 Å². The smallest absolute Gasteiger partial charge is 0.243 e. The second-order valence-electron chi connectivity index (χ2n) is 8.22. The summed E-state index contributed by atoms with van der Waals surface area (Å²) in [5.74, 6) is -0.275. The summed E-state index contributed by atoms with van der Waals surface area (Å²) in [6, 6.07) is 14.6. The van der Waals surface area contributed by atoms with Crippen LogP contribution in [-0.2, 0) is 14.8 Å². The van der Waals surface area contributed by atoms with Crippen LogP contribution in [0.4, 0.5) is 0 Å². The Balaban J connectivity index is 1.77. The zero-order valence-electron chi connectivity index (χ0n) is 18.5. The van der Waals surface area contributed by atoms with Gasteiger partial charge in [-0.15, -0.1) is 11.8 Å². The molecule has 168 valence electrons. The fourth-order valence-corrected chi connectivity index (χ4v) is 6.08. The van der Waals surface area contributed by atoms with Crippen molar-refractivity contribution in [3.8, 4) is 0 Å². The molecule has 1 fully saturated rings. The van der Waals surface area contributed by atoms with Gasteiger partial charge in [0.05, 0.1) is 17.5 Å². The van der Waals surface area contributed by atoms with E-state index in [0.29, 0.717) is 0 Å². The summed E-state index contributed by atoms with van der Waals surface area (Å²) < 4.78 is 28.3. The molecule has 2 aromatic carbocycles. The molecule has 1 atom stereocenters. The Morgan fingerprint density at radius 2 is 1.68 bits per heavy atom. The van der Waals surface area contributed by atoms with Gasteiger partial charge < -0.3 is 5.32 Å². The molecular weight excluding hydrogens is 428 g/mol. The molecule has 0 spiro atoms. The molecule has 2 aromatic rings. The predicted octanol–water partition coefficient (Wildman–Crippen LogP) is 4.92. The largest absolute Gasteiger partial charge is 0.348 e. The van der Waals surface area contributed by atoms with E-state index in [2.05, 4.69) is 5.32 Å². The van der Waals surface area contributed by atoms with Crippen LogP contribution < -0.4 is 5.32 Å². The molecule has 1 N–H and O–H groups in total. The number of nitrogens with one attached hydrogen (secondary N) is 1. The minimum absolute atomic E-state index is 0.137. The SMILES string of the molecule is CSc1ccc([C@H](C)NC(=O)CN(C2CCCCC2)S(=O)(=O)c2ccc(C)cc2)cc1. The normalized spacial score (nSPS) is 16.3. The van der Waals surface area contributed by atoms with Crippen LogP contribution >= 0.6 is 11.8 Å². The van der Waals surface area contributed by atoms with Crippen LogP contribution in [0.3, 0.4) is 0 Å². The number of hydrogen-bond donors (Lipinski definition) is 1. The standard InChI is InChI=1S/C24H32N2O3S2/c1-18-9-15-23(16-10-18)31(28,29)26(21-7-5-4-6-8-21)17-24(27)25-19(2)20-11-13-22(30-3)14-12-20/h9-16,19,21H,4-8,17H2,1-3H3,(H,25,27)/t19-/m0/s1. The van der Waals surface area contributed by atoms with Gasteiger partial charge in [-0.1, -0.05) is 49.1 Å². The van der Waals surface area contributed by atoms with E-state index in [1.807, 2.05) is 44.4 Å². The zero-order valence-corrected chi connectivity index (χ0v) is 20.1. The first-order valence-electron chi connectivity index (χ1n) is 10.8. The first kappa shape index (κ1) is 23.8. The number of aryl methyl sites for hydroxylation is 1. The molecule has 0 heterocycles. The van der Waals surface area contributed by atoms with Crippen molar-refractivity contribution in [3.05, 3.63) is 59.7 Å². The third-order valence-corrected chi connectivity index (χ3v) is 8.56. The Morgan fingerprint density at radius 3 is 2.26 bits per heavy atom. The number of thioether (sulfide) groups is 1. The number of sulfonamides is 1. The lowest BCUT2D eigenvalue weighted by atomic mass is 9.95. The maximum atomic E-state index is 13.4. The van der Waals surface area contributed by atoms with Crippen LogP contribution in [-0.4, -0.2) is 37.5 Å². The number of benzene rings is 2. The molecule has 1 amide bonds. The molecule has 0 aromatic heterocycles. The second kappa shape index (κ2) is 10.7. The van der Waals surface area contributed by atoms with Gasteiger partial charge >= 0.3 is 0 Å². The van der Waals surface area contributed by atoms with E-state index in [9.17, 15) is 13.2 Å². The van der Waals surface area contributed by atoms with Crippen molar-refractivity contribution < 1.29 is 13.2 Å². The molecule has 0 bridgehead atoms. The Labute approximate surface area is 190 Å². The lowest BCUT2D eigenvalue weighted by Crippen LogP contribution is -2.47. The predicted molar refractivity (Wildman–Crippen MR) is 127 cm³/mol. The monoisotopic (exact) mass is 460 g/mol. The molecule has 5 nitrogen and oxygen atoms in total. The van der Waals surface area contributed by atoms with Crippen LogP contribution in [0.2, 0.25) is 0 Å². The maximum Gasteiger partial charge on any atom is 0.243 e. The van der Waals surface area contributed by atoms with Gasteiger partial charge in [0.25, 0.3) is 0 Å². The zero-order chi connectivity index (χ0) is 22.4. The molecule has 1 aliphatic rings. The van der Waals surface area contributed by atoms with Gasteiger partial charge in [-0.2, -0.15) is 4.31 Å². The van der Waals surface area contributed by atoms with Crippen molar-refractivity contribution in [1.29, 1.82) is 0 Å². The molecule has 1 aliphatic carbocycles. The van der Waals surface area contributed by atoms with E-state index in [1.165, 1.54) is 4.31 Å². The van der Waals surface area contributed by atoms with Gasteiger partial charge in [-0.3, -0.25) is 4.79 Å². The van der Waals surface area contributed by atoms with Crippen LogP contribution in [0.5, 0.6) is 0 Å². The molecule has 0 saturated heterocycles. The summed E-state index contributed by atoms with van der Waals surface area (Å²) in [4.78, 5) is 14.3. The van der Waals surface area contributed by atoms with Crippen molar-refractivity contribution >= 4 is 27.7 Å². The average Bonchev–Trinajstić information content (AvgIpc) is 2.78. The summed E-state index contributed by atoms with van der Waals surface area (Å²) in [5.41, 5.74) is 2.00. The minimum Gasteiger partial charge on any atom is -0.348 e. The summed E-state index contributed by atoms with van der Waals surface area (Å²) in [6.45, 7) is 3.69. The number of amides is 1. The Morgan fingerprint density at radius 1 is 1.06 bits per heavy atom. The molecule has 3 rings (SSSR count). The molecule has 7 heteroatoms. The van der Waals surface area contributed by atoms with Crippen molar-refractivity contribution in [2.45, 2.75) is 67.8 Å². The maximum absolute atomic E-state index is 13.4. The summed E-state index contributed by atoms with van der Waals surface area (Å²) >= 11 is 1.67. The van der Waals surface area contributed by atoms with Gasteiger partial charge in [-0.05, 0) is 62.8 Å². The van der Waals surface area contributed by atoms with Crippen LogP contribution in [0.25, 0.3) is 0 Å². The number of carbonyl (C=O) groups excluding carboxylic acids is 1. The van der Waals surface area contributed by atoms with Crippen LogP contribution in [0, 0.1) is 6.92 Å². The highest BCUT2D eigenvalue weighted by atomic mass is 32.2. The Hall–Kier alpha value is -1.83. The van der Waals surface area contributed by atoms with Crippen molar-refractivity contribution in [1.82, 2.24) is 9.62 Å². The third-order valence-electron chi connectivity index (χ3n) is 5.90. The van der Waals surface area contributed by atoms with Crippen molar-refractivity contribution in [2.24, 2.45) is 0 Å². The van der Waals surface area contributed by atoms with Gasteiger partial charge in [-0.25, -0.2) is 8.42 Å². The lowest BCUT2D eigenvalue weighted by molar-refractivity contribution is -0.122. The first-order chi connectivity index (χ1) is 14.8. The number of carbonyl (C=O) groups is 1. The van der Waals surface area contributed by atoms with Gasteiger partial charge in [0.1, 0.15) is 0 Å². The van der Waals surface area contributed by atoms with Crippen LogP contribution in [0.15, 0.2) is 58.3 Å². The van der Waals surface area contributed by atoms with E-state index in [1.54, 1.807) is 36.0 Å². The molecule has 0 aliphatic heterocycles. The summed E-state index contributed by atoms with van der Waals surface area (Å²) in [6.07, 6.45) is 6.71. The summed E-state index contributed by atoms with van der Waals surface area (Å²) in [5, 5.41) is 2.98. The third kappa shape index (κ3) is 6.11. The number of hydrogen-bond acceptors (Lipinski definition) is 4. The van der Waals surface area contributed by atoms with Crippen LogP contribution in [0.1, 0.15) is 56.2 Å². The van der Waals surface area contributed by atoms with E-state index < -0.39 is 10.0 Å². The average molecular weight is 461 g/mol. The van der Waals surface area contributed by atoms with E-state index in [-0.39, 0.29) is 29.4 Å².